The normalized spacial score (nSPS) is 63.2. The van der Waals surface area contributed by atoms with Gasteiger partial charge in [0.2, 0.25) is 0 Å². The van der Waals surface area contributed by atoms with Gasteiger partial charge in [-0.05, 0) is 116 Å². The van der Waals surface area contributed by atoms with E-state index in [1.54, 1.807) is 38.5 Å². The van der Waals surface area contributed by atoms with Gasteiger partial charge in [0.1, 0.15) is 0 Å². The quantitative estimate of drug-likeness (QED) is 0.468. The van der Waals surface area contributed by atoms with Crippen LogP contribution in [0.5, 0.6) is 0 Å². The van der Waals surface area contributed by atoms with E-state index < -0.39 is 0 Å². The molecule has 8 bridgehead atoms. The van der Waals surface area contributed by atoms with Crippen LogP contribution < -0.4 is 0 Å². The van der Waals surface area contributed by atoms with Crippen LogP contribution in [0.3, 0.4) is 0 Å². The zero-order valence-electron chi connectivity index (χ0n) is 16.2. The Balaban J connectivity index is 1.39. The summed E-state index contributed by atoms with van der Waals surface area (Å²) in [6.07, 6.45) is 19.9. The smallest absolute Gasteiger partial charge is 0.0102 e. The lowest BCUT2D eigenvalue weighted by Gasteiger charge is -2.65. The third kappa shape index (κ3) is 1.98. The summed E-state index contributed by atoms with van der Waals surface area (Å²) < 4.78 is 0. The molecule has 4 atom stereocenters. The summed E-state index contributed by atoms with van der Waals surface area (Å²) in [5.74, 6) is 4.09. The average Bonchev–Trinajstić information content (AvgIpc) is 2.36. The highest BCUT2D eigenvalue weighted by Crippen LogP contribution is 2.71. The van der Waals surface area contributed by atoms with Gasteiger partial charge in [0, 0.05) is 0 Å². The molecule has 0 aromatic heterocycles. The molecule has 0 heterocycles. The Morgan fingerprint density at radius 2 is 1.25 bits per heavy atom. The minimum Gasteiger partial charge on any atom is -0.0785 e. The molecule has 8 aliphatic carbocycles. The van der Waals surface area contributed by atoms with E-state index in [1.807, 2.05) is 5.57 Å². The van der Waals surface area contributed by atoms with Crippen molar-refractivity contribution in [1.29, 1.82) is 0 Å². The van der Waals surface area contributed by atoms with Crippen LogP contribution in [-0.4, -0.2) is 0 Å². The number of hydrogen-bond acceptors (Lipinski definition) is 0. The van der Waals surface area contributed by atoms with Crippen molar-refractivity contribution in [2.75, 3.05) is 0 Å². The van der Waals surface area contributed by atoms with Crippen LogP contribution in [0.4, 0.5) is 0 Å². The largest absolute Gasteiger partial charge is 0.0785 e. The summed E-state index contributed by atoms with van der Waals surface area (Å²) in [7, 11) is 0. The fraction of sp³-hybridized carbons (Fsp3) is 0.917. The van der Waals surface area contributed by atoms with E-state index in [2.05, 4.69) is 26.8 Å². The fourth-order valence-electron chi connectivity index (χ4n) is 10.5. The average molecular weight is 325 g/mol. The van der Waals surface area contributed by atoms with Gasteiger partial charge in [0.25, 0.3) is 0 Å². The van der Waals surface area contributed by atoms with E-state index >= 15 is 0 Å². The van der Waals surface area contributed by atoms with E-state index in [4.69, 9.17) is 0 Å². The lowest BCUT2D eigenvalue weighted by Crippen LogP contribution is -2.55. The van der Waals surface area contributed by atoms with Crippen molar-refractivity contribution in [3.8, 4) is 0 Å². The highest BCUT2D eigenvalue weighted by molar-refractivity contribution is 5.28. The molecule has 0 aliphatic heterocycles. The second-order valence-corrected chi connectivity index (χ2v) is 12.8. The molecular weight excluding hydrogens is 288 g/mol. The molecule has 4 unspecified atom stereocenters. The highest BCUT2D eigenvalue weighted by Gasteiger charge is 2.60. The molecule has 0 amide bonds. The van der Waals surface area contributed by atoms with Crippen LogP contribution in [0, 0.1) is 45.3 Å². The first-order valence-corrected chi connectivity index (χ1v) is 11.0. The maximum absolute atomic E-state index is 2.98. The monoisotopic (exact) mass is 324 g/mol. The van der Waals surface area contributed by atoms with Crippen LogP contribution in [0.25, 0.3) is 0 Å². The zero-order valence-corrected chi connectivity index (χ0v) is 16.2. The summed E-state index contributed by atoms with van der Waals surface area (Å²) in [4.78, 5) is 0. The van der Waals surface area contributed by atoms with E-state index in [-0.39, 0.29) is 0 Å². The molecule has 0 nitrogen and oxygen atoms in total. The van der Waals surface area contributed by atoms with Gasteiger partial charge in [-0.3, -0.25) is 0 Å². The second-order valence-electron chi connectivity index (χ2n) is 12.8. The lowest BCUT2D eigenvalue weighted by atomic mass is 9.39. The van der Waals surface area contributed by atoms with Gasteiger partial charge < -0.3 is 0 Å². The molecule has 0 N–H and O–H groups in total. The van der Waals surface area contributed by atoms with Gasteiger partial charge in [-0.25, -0.2) is 0 Å². The third-order valence-corrected chi connectivity index (χ3v) is 9.58. The molecule has 8 aliphatic rings. The van der Waals surface area contributed by atoms with Gasteiger partial charge in [0.15, 0.2) is 0 Å². The molecule has 8 rings (SSSR count). The van der Waals surface area contributed by atoms with Crippen LogP contribution in [-0.2, 0) is 0 Å². The summed E-state index contributed by atoms with van der Waals surface area (Å²) in [6.45, 7) is 7.89. The minimum atomic E-state index is 0.606. The Morgan fingerprint density at radius 1 is 0.667 bits per heavy atom. The molecule has 8 saturated carbocycles. The van der Waals surface area contributed by atoms with Gasteiger partial charge in [-0.1, -0.05) is 32.4 Å². The molecule has 132 valence electrons. The van der Waals surface area contributed by atoms with Crippen molar-refractivity contribution in [3.63, 3.8) is 0 Å². The molecule has 0 aromatic carbocycles. The first-order chi connectivity index (χ1) is 11.3. The predicted octanol–water partition coefficient (Wildman–Crippen LogP) is 6.76. The van der Waals surface area contributed by atoms with E-state index in [1.165, 1.54) is 32.1 Å². The summed E-state index contributed by atoms with van der Waals surface area (Å²) in [5.41, 5.74) is 4.64. The van der Waals surface area contributed by atoms with Crippen LogP contribution >= 0.6 is 0 Å². The molecule has 8 fully saturated rings. The fourth-order valence-corrected chi connectivity index (χ4v) is 10.5. The van der Waals surface area contributed by atoms with Gasteiger partial charge in [-0.15, -0.1) is 0 Å². The van der Waals surface area contributed by atoms with E-state index in [0.29, 0.717) is 21.7 Å². The Labute approximate surface area is 148 Å². The molecular formula is C24H36. The van der Waals surface area contributed by atoms with Crippen molar-refractivity contribution in [1.82, 2.24) is 0 Å². The van der Waals surface area contributed by atoms with Crippen molar-refractivity contribution in [2.24, 2.45) is 45.3 Å². The number of allylic oxidation sites excluding steroid dienone is 2. The van der Waals surface area contributed by atoms with Crippen molar-refractivity contribution < 1.29 is 0 Å². The predicted molar refractivity (Wildman–Crippen MR) is 99.6 cm³/mol. The number of hydrogen-bond donors (Lipinski definition) is 0. The standard InChI is InChI=1S/C24H36/c1-21-6-16-4-18(10-21)20(19(5-16)11-21)12-24-9-17-7-22(2,14-24)13-23(3,8-17)15-24/h12,16-19H,4-11,13-15H2,1-3H3. The summed E-state index contributed by atoms with van der Waals surface area (Å²) in [5, 5.41) is 0. The third-order valence-electron chi connectivity index (χ3n) is 9.58. The summed E-state index contributed by atoms with van der Waals surface area (Å²) in [6, 6.07) is 0. The Bertz CT molecular complexity index is 588. The van der Waals surface area contributed by atoms with Crippen molar-refractivity contribution >= 4 is 0 Å². The Hall–Kier alpha value is -0.260. The Morgan fingerprint density at radius 3 is 1.79 bits per heavy atom. The molecule has 0 aromatic rings. The van der Waals surface area contributed by atoms with Crippen LogP contribution in [0.1, 0.15) is 91.4 Å². The maximum atomic E-state index is 2.98. The number of rotatable bonds is 1. The SMILES string of the molecule is CC12CC3CC(C1)C(=CC14CC5CC(C)(CC(C)(C5)C1)C4)C(C3)C2. The molecule has 0 heteroatoms. The van der Waals surface area contributed by atoms with Crippen LogP contribution in [0.15, 0.2) is 11.6 Å². The first-order valence-electron chi connectivity index (χ1n) is 11.0. The van der Waals surface area contributed by atoms with E-state index in [9.17, 15) is 0 Å². The lowest BCUT2D eigenvalue weighted by molar-refractivity contribution is -0.125. The van der Waals surface area contributed by atoms with Gasteiger partial charge in [0.05, 0.1) is 0 Å². The van der Waals surface area contributed by atoms with E-state index in [0.717, 1.165) is 23.7 Å². The first kappa shape index (κ1) is 14.9. The van der Waals surface area contributed by atoms with Gasteiger partial charge >= 0.3 is 0 Å². The highest BCUT2D eigenvalue weighted by atomic mass is 14.6. The Kier molecular flexibility index (Phi) is 2.59. The maximum Gasteiger partial charge on any atom is -0.0102 e. The van der Waals surface area contributed by atoms with Crippen LogP contribution in [0.2, 0.25) is 0 Å². The topological polar surface area (TPSA) is 0 Å². The molecule has 24 heavy (non-hydrogen) atoms. The van der Waals surface area contributed by atoms with Gasteiger partial charge in [-0.2, -0.15) is 0 Å². The molecule has 0 radical (unpaired) electrons. The minimum absolute atomic E-state index is 0.606. The van der Waals surface area contributed by atoms with Crippen molar-refractivity contribution in [3.05, 3.63) is 11.6 Å². The summed E-state index contributed by atoms with van der Waals surface area (Å²) >= 11 is 0. The second kappa shape index (κ2) is 4.17. The molecule has 0 saturated heterocycles. The zero-order chi connectivity index (χ0) is 16.4. The molecule has 0 spiro atoms. The van der Waals surface area contributed by atoms with Crippen molar-refractivity contribution in [2.45, 2.75) is 91.4 Å².